The third kappa shape index (κ3) is 3.30. The third-order valence-electron chi connectivity index (χ3n) is 3.38. The van der Waals surface area contributed by atoms with Crippen LogP contribution in [0.1, 0.15) is 41.7 Å². The predicted octanol–water partition coefficient (Wildman–Crippen LogP) is 2.60. The molecule has 7 heteroatoms. The first-order valence-corrected chi connectivity index (χ1v) is 7.77. The smallest absolute Gasteiger partial charge is 0.148 e. The highest BCUT2D eigenvalue weighted by molar-refractivity contribution is 7.09. The molecule has 6 nitrogen and oxygen atoms in total. The lowest BCUT2D eigenvalue weighted by Gasteiger charge is -2.22. The van der Waals surface area contributed by atoms with Crippen molar-refractivity contribution >= 4 is 23.0 Å². The summed E-state index contributed by atoms with van der Waals surface area (Å²) in [6, 6.07) is 0. The quantitative estimate of drug-likeness (QED) is 0.653. The van der Waals surface area contributed by atoms with E-state index in [1.54, 1.807) is 11.3 Å². The highest BCUT2D eigenvalue weighted by Gasteiger charge is 2.16. The molecule has 0 saturated heterocycles. The molecule has 114 valence electrons. The second-order valence-corrected chi connectivity index (χ2v) is 6.33. The van der Waals surface area contributed by atoms with Gasteiger partial charge in [-0.05, 0) is 13.8 Å². The molecule has 0 radical (unpaired) electrons. The Morgan fingerprint density at radius 3 is 2.57 bits per heavy atom. The summed E-state index contributed by atoms with van der Waals surface area (Å²) in [7, 11) is 2.03. The first-order valence-electron chi connectivity index (χ1n) is 6.89. The molecule has 0 atom stereocenters. The molecule has 2 aromatic heterocycles. The number of hydrazine groups is 1. The molecule has 0 unspecified atom stereocenters. The van der Waals surface area contributed by atoms with Crippen molar-refractivity contribution < 1.29 is 0 Å². The number of thiazole rings is 1. The number of aryl methyl sites for hydroxylation is 1. The molecule has 0 spiro atoms. The van der Waals surface area contributed by atoms with Crippen LogP contribution in [0.4, 0.5) is 11.6 Å². The monoisotopic (exact) mass is 306 g/mol. The minimum Gasteiger partial charge on any atom is -0.354 e. The Kier molecular flexibility index (Phi) is 4.74. The third-order valence-corrected chi connectivity index (χ3v) is 4.30. The first kappa shape index (κ1) is 15.7. The molecule has 0 fully saturated rings. The largest absolute Gasteiger partial charge is 0.354 e. The maximum absolute atomic E-state index is 5.58. The Bertz CT molecular complexity index is 622. The van der Waals surface area contributed by atoms with Gasteiger partial charge in [-0.2, -0.15) is 0 Å². The number of nitrogens with zero attached hydrogens (tertiary/aromatic N) is 4. The second kappa shape index (κ2) is 6.36. The number of nitrogens with one attached hydrogen (secondary N) is 1. The zero-order chi connectivity index (χ0) is 15.6. The summed E-state index contributed by atoms with van der Waals surface area (Å²) in [5.41, 5.74) is 6.56. The Hall–Kier alpha value is -1.73. The molecular weight excluding hydrogens is 284 g/mol. The maximum Gasteiger partial charge on any atom is 0.148 e. The molecule has 0 aliphatic heterocycles. The van der Waals surface area contributed by atoms with Crippen LogP contribution in [0.2, 0.25) is 0 Å². The van der Waals surface area contributed by atoms with Gasteiger partial charge in [0.15, 0.2) is 0 Å². The molecule has 21 heavy (non-hydrogen) atoms. The van der Waals surface area contributed by atoms with Crippen molar-refractivity contribution in [3.05, 3.63) is 27.5 Å². The summed E-state index contributed by atoms with van der Waals surface area (Å²) in [6.45, 7) is 8.92. The van der Waals surface area contributed by atoms with Crippen molar-refractivity contribution in [2.75, 3.05) is 17.4 Å². The van der Waals surface area contributed by atoms with Crippen LogP contribution in [0.5, 0.6) is 0 Å². The van der Waals surface area contributed by atoms with E-state index in [1.165, 1.54) is 4.88 Å². The summed E-state index contributed by atoms with van der Waals surface area (Å²) in [4.78, 5) is 16.8. The normalized spacial score (nSPS) is 11.0. The van der Waals surface area contributed by atoms with Gasteiger partial charge in [0.25, 0.3) is 0 Å². The van der Waals surface area contributed by atoms with Crippen LogP contribution >= 0.6 is 11.3 Å². The van der Waals surface area contributed by atoms with Crippen LogP contribution in [0.15, 0.2) is 5.51 Å². The van der Waals surface area contributed by atoms with Crippen molar-refractivity contribution in [3.8, 4) is 0 Å². The fourth-order valence-electron chi connectivity index (χ4n) is 2.06. The number of nitrogens with two attached hydrogens (primary N) is 1. The molecule has 2 heterocycles. The van der Waals surface area contributed by atoms with Gasteiger partial charge in [-0.25, -0.2) is 20.8 Å². The Labute approximate surface area is 129 Å². The van der Waals surface area contributed by atoms with E-state index >= 15 is 0 Å². The Morgan fingerprint density at radius 1 is 1.33 bits per heavy atom. The summed E-state index contributed by atoms with van der Waals surface area (Å²) in [6.07, 6.45) is 0. The summed E-state index contributed by atoms with van der Waals surface area (Å²) in [5, 5.41) is 0. The van der Waals surface area contributed by atoms with Crippen molar-refractivity contribution in [1.29, 1.82) is 0 Å². The van der Waals surface area contributed by atoms with Gasteiger partial charge >= 0.3 is 0 Å². The van der Waals surface area contributed by atoms with Crippen LogP contribution in [0.25, 0.3) is 0 Å². The molecule has 0 bridgehead atoms. The Balaban J connectivity index is 2.37. The van der Waals surface area contributed by atoms with Gasteiger partial charge in [-0.15, -0.1) is 11.3 Å². The topological polar surface area (TPSA) is 80.0 Å². The van der Waals surface area contributed by atoms with Gasteiger partial charge < -0.3 is 10.3 Å². The van der Waals surface area contributed by atoms with Gasteiger partial charge in [0.1, 0.15) is 17.5 Å². The number of aromatic nitrogens is 3. The van der Waals surface area contributed by atoms with E-state index in [0.29, 0.717) is 5.82 Å². The number of nitrogen functional groups attached to an aromatic ring is 1. The van der Waals surface area contributed by atoms with Gasteiger partial charge in [0.2, 0.25) is 0 Å². The van der Waals surface area contributed by atoms with Crippen LogP contribution in [0, 0.1) is 13.8 Å². The average Bonchev–Trinajstić information content (AvgIpc) is 2.84. The van der Waals surface area contributed by atoms with E-state index in [-0.39, 0.29) is 5.92 Å². The molecule has 3 N–H and O–H groups in total. The fraction of sp³-hybridized carbons (Fsp3) is 0.500. The van der Waals surface area contributed by atoms with Crippen LogP contribution in [0.3, 0.4) is 0 Å². The van der Waals surface area contributed by atoms with E-state index in [2.05, 4.69) is 34.1 Å². The lowest BCUT2D eigenvalue weighted by atomic mass is 10.2. The van der Waals surface area contributed by atoms with Gasteiger partial charge in [-0.3, -0.25) is 0 Å². The Morgan fingerprint density at radius 2 is 2.05 bits per heavy atom. The maximum atomic E-state index is 5.58. The minimum absolute atomic E-state index is 0.245. The van der Waals surface area contributed by atoms with Crippen LogP contribution < -0.4 is 16.2 Å². The number of rotatable bonds is 5. The lowest BCUT2D eigenvalue weighted by Crippen LogP contribution is -2.22. The standard InChI is InChI=1S/C14H22N6S/c1-8(2)12-17-13(19-15)9(3)14(18-12)20(5)6-11-10(4)16-7-21-11/h7-8H,6,15H2,1-5H3,(H,17,18,19). The summed E-state index contributed by atoms with van der Waals surface area (Å²) in [5.74, 6) is 8.19. The van der Waals surface area contributed by atoms with Crippen LogP contribution in [-0.4, -0.2) is 22.0 Å². The molecule has 0 aromatic carbocycles. The molecule has 0 saturated carbocycles. The summed E-state index contributed by atoms with van der Waals surface area (Å²) < 4.78 is 0. The van der Waals surface area contributed by atoms with Gasteiger partial charge in [0.05, 0.1) is 17.7 Å². The van der Waals surface area contributed by atoms with Crippen molar-refractivity contribution in [1.82, 2.24) is 15.0 Å². The number of anilines is 2. The molecule has 2 aromatic rings. The zero-order valence-corrected chi connectivity index (χ0v) is 14.0. The average molecular weight is 306 g/mol. The fourth-order valence-corrected chi connectivity index (χ4v) is 2.89. The van der Waals surface area contributed by atoms with E-state index in [1.807, 2.05) is 26.4 Å². The minimum atomic E-state index is 0.245. The second-order valence-electron chi connectivity index (χ2n) is 5.40. The molecule has 0 aliphatic rings. The predicted molar refractivity (Wildman–Crippen MR) is 87.6 cm³/mol. The molecule has 0 aliphatic carbocycles. The van der Waals surface area contributed by atoms with E-state index < -0.39 is 0 Å². The summed E-state index contributed by atoms with van der Waals surface area (Å²) >= 11 is 1.66. The highest BCUT2D eigenvalue weighted by Crippen LogP contribution is 2.26. The number of hydrogen-bond acceptors (Lipinski definition) is 7. The van der Waals surface area contributed by atoms with Crippen molar-refractivity contribution in [2.24, 2.45) is 5.84 Å². The van der Waals surface area contributed by atoms with E-state index in [4.69, 9.17) is 10.8 Å². The van der Waals surface area contributed by atoms with Gasteiger partial charge in [0, 0.05) is 23.4 Å². The van der Waals surface area contributed by atoms with E-state index in [0.717, 1.165) is 29.4 Å². The highest BCUT2D eigenvalue weighted by atomic mass is 32.1. The van der Waals surface area contributed by atoms with Crippen LogP contribution in [-0.2, 0) is 6.54 Å². The lowest BCUT2D eigenvalue weighted by molar-refractivity contribution is 0.759. The molecular formula is C14H22N6S. The zero-order valence-electron chi connectivity index (χ0n) is 13.1. The van der Waals surface area contributed by atoms with Crippen molar-refractivity contribution in [3.63, 3.8) is 0 Å². The molecule has 2 rings (SSSR count). The van der Waals surface area contributed by atoms with Gasteiger partial charge in [-0.1, -0.05) is 13.8 Å². The van der Waals surface area contributed by atoms with E-state index in [9.17, 15) is 0 Å². The van der Waals surface area contributed by atoms with Crippen molar-refractivity contribution in [2.45, 2.75) is 40.2 Å². The molecule has 0 amide bonds. The first-order chi connectivity index (χ1) is 9.93. The SMILES string of the molecule is Cc1ncsc1CN(C)c1nc(C(C)C)nc(NN)c1C. The number of hydrogen-bond donors (Lipinski definition) is 2.